The fraction of sp³-hybridized carbons (Fsp3) is 0.176. The number of aryl methyl sites for hydroxylation is 1. The molecule has 0 radical (unpaired) electrons. The van der Waals surface area contributed by atoms with Crippen molar-refractivity contribution in [3.05, 3.63) is 60.4 Å². The van der Waals surface area contributed by atoms with E-state index >= 15 is 0 Å². The maximum absolute atomic E-state index is 14.0. The van der Waals surface area contributed by atoms with Gasteiger partial charge in [0, 0.05) is 32.2 Å². The van der Waals surface area contributed by atoms with Gasteiger partial charge >= 0.3 is 0 Å². The maximum atomic E-state index is 14.0. The monoisotopic (exact) mass is 370 g/mol. The molecule has 0 unspecified atom stereocenters. The van der Waals surface area contributed by atoms with Crippen LogP contribution in [0.4, 0.5) is 9.52 Å². The van der Waals surface area contributed by atoms with Gasteiger partial charge in [-0.25, -0.2) is 9.37 Å². The van der Waals surface area contributed by atoms with Gasteiger partial charge in [-0.3, -0.25) is 19.1 Å². The summed E-state index contributed by atoms with van der Waals surface area (Å²) in [5, 5.41) is 8.77. The number of hydrogen-bond acceptors (Lipinski definition) is 5. The van der Waals surface area contributed by atoms with E-state index in [0.717, 1.165) is 0 Å². The van der Waals surface area contributed by atoms with Crippen LogP contribution in [0.15, 0.2) is 48.9 Å². The number of hydrogen-bond donors (Lipinski definition) is 0. The van der Waals surface area contributed by atoms with E-state index in [1.165, 1.54) is 22.3 Å². The Kier molecular flexibility index (Phi) is 4.21. The third-order valence-electron chi connectivity index (χ3n) is 3.88. The fourth-order valence-corrected chi connectivity index (χ4v) is 3.61. The molecule has 7 nitrogen and oxygen atoms in total. The minimum Gasteiger partial charge on any atom is -0.281 e. The first-order valence-electron chi connectivity index (χ1n) is 7.96. The lowest BCUT2D eigenvalue weighted by atomic mass is 10.3. The maximum Gasteiger partial charge on any atom is 0.280 e. The van der Waals surface area contributed by atoms with Gasteiger partial charge in [0.25, 0.3) is 5.91 Å². The summed E-state index contributed by atoms with van der Waals surface area (Å²) in [6, 6.07) is 8.25. The lowest BCUT2D eigenvalue weighted by molar-refractivity contribution is 0.0980. The van der Waals surface area contributed by atoms with Crippen LogP contribution in [0.2, 0.25) is 0 Å². The first-order valence-corrected chi connectivity index (χ1v) is 8.77. The number of aromatic nitrogens is 5. The third kappa shape index (κ3) is 3.08. The van der Waals surface area contributed by atoms with Gasteiger partial charge in [-0.15, -0.1) is 0 Å². The second-order valence-corrected chi connectivity index (χ2v) is 6.69. The van der Waals surface area contributed by atoms with Crippen LogP contribution in [-0.2, 0) is 13.6 Å². The molecule has 26 heavy (non-hydrogen) atoms. The Labute approximate surface area is 152 Å². The zero-order valence-electron chi connectivity index (χ0n) is 13.9. The van der Waals surface area contributed by atoms with Crippen LogP contribution in [-0.4, -0.2) is 37.0 Å². The van der Waals surface area contributed by atoms with Crippen molar-refractivity contribution in [1.29, 1.82) is 0 Å². The molecule has 3 heterocycles. The lowest BCUT2D eigenvalue weighted by Crippen LogP contribution is -2.34. The van der Waals surface area contributed by atoms with Crippen molar-refractivity contribution in [3.63, 3.8) is 0 Å². The second-order valence-electron chi connectivity index (χ2n) is 5.68. The number of benzene rings is 1. The van der Waals surface area contributed by atoms with Crippen molar-refractivity contribution in [2.24, 2.45) is 7.05 Å². The number of carbonyl (C=O) groups excluding carboxylic acids is 1. The molecular weight excluding hydrogens is 355 g/mol. The quantitative estimate of drug-likeness (QED) is 0.542. The molecule has 0 bridgehead atoms. The summed E-state index contributed by atoms with van der Waals surface area (Å²) in [6.45, 7) is 0.836. The largest absolute Gasteiger partial charge is 0.281 e. The smallest absolute Gasteiger partial charge is 0.280 e. The SMILES string of the molecule is Cn1ccc(C(=O)N(CCn2cccn2)c2nc3c(F)cccc3s2)n1. The van der Waals surface area contributed by atoms with E-state index < -0.39 is 5.82 Å². The van der Waals surface area contributed by atoms with Crippen molar-refractivity contribution in [2.75, 3.05) is 11.4 Å². The van der Waals surface area contributed by atoms with Crippen molar-refractivity contribution in [3.8, 4) is 0 Å². The minimum absolute atomic E-state index is 0.269. The predicted octanol–water partition coefficient (Wildman–Crippen LogP) is 2.71. The zero-order chi connectivity index (χ0) is 18.1. The molecule has 0 N–H and O–H groups in total. The van der Waals surface area contributed by atoms with Gasteiger partial charge in [-0.2, -0.15) is 10.2 Å². The zero-order valence-corrected chi connectivity index (χ0v) is 14.7. The first kappa shape index (κ1) is 16.4. The van der Waals surface area contributed by atoms with Crippen LogP contribution in [0.25, 0.3) is 10.2 Å². The Morgan fingerprint density at radius 2 is 2.15 bits per heavy atom. The molecule has 9 heteroatoms. The fourth-order valence-electron chi connectivity index (χ4n) is 2.61. The summed E-state index contributed by atoms with van der Waals surface area (Å²) in [4.78, 5) is 18.8. The van der Waals surface area contributed by atoms with E-state index in [2.05, 4.69) is 15.2 Å². The molecule has 0 saturated heterocycles. The van der Waals surface area contributed by atoms with Gasteiger partial charge in [-0.1, -0.05) is 17.4 Å². The molecule has 4 rings (SSSR count). The Balaban J connectivity index is 1.70. The Morgan fingerprint density at radius 3 is 2.85 bits per heavy atom. The van der Waals surface area contributed by atoms with Crippen molar-refractivity contribution < 1.29 is 9.18 Å². The van der Waals surface area contributed by atoms with E-state index in [1.807, 2.05) is 12.3 Å². The summed E-state index contributed by atoms with van der Waals surface area (Å²) >= 11 is 1.28. The van der Waals surface area contributed by atoms with Crippen LogP contribution in [0, 0.1) is 5.82 Å². The summed E-state index contributed by atoms with van der Waals surface area (Å²) in [5.74, 6) is -0.681. The highest BCUT2D eigenvalue weighted by Crippen LogP contribution is 2.31. The molecule has 4 aromatic rings. The molecule has 0 atom stereocenters. The van der Waals surface area contributed by atoms with Crippen LogP contribution in [0.3, 0.4) is 0 Å². The van der Waals surface area contributed by atoms with E-state index in [4.69, 9.17) is 0 Å². The van der Waals surface area contributed by atoms with Gasteiger partial charge in [0.2, 0.25) is 0 Å². The Morgan fingerprint density at radius 1 is 1.27 bits per heavy atom. The van der Waals surface area contributed by atoms with Gasteiger partial charge in [0.15, 0.2) is 10.8 Å². The normalized spacial score (nSPS) is 11.2. The lowest BCUT2D eigenvalue weighted by Gasteiger charge is -2.18. The standard InChI is InChI=1S/C17H15FN6OS/c1-22-9-6-13(21-22)16(25)24(11-10-23-8-3-7-19-23)17-20-15-12(18)4-2-5-14(15)26-17/h2-9H,10-11H2,1H3. The van der Waals surface area contributed by atoms with E-state index in [0.29, 0.717) is 28.6 Å². The average molecular weight is 370 g/mol. The molecule has 1 aromatic carbocycles. The summed E-state index contributed by atoms with van der Waals surface area (Å²) < 4.78 is 18.0. The van der Waals surface area contributed by atoms with Gasteiger partial charge < -0.3 is 0 Å². The molecule has 0 saturated carbocycles. The van der Waals surface area contributed by atoms with Crippen LogP contribution in [0.1, 0.15) is 10.5 Å². The number of thiazole rings is 1. The number of anilines is 1. The molecule has 0 spiro atoms. The molecule has 3 aromatic heterocycles. The Bertz CT molecular complexity index is 1050. The minimum atomic E-state index is -0.401. The van der Waals surface area contributed by atoms with Gasteiger partial charge in [0.05, 0.1) is 11.2 Å². The number of amides is 1. The summed E-state index contributed by atoms with van der Waals surface area (Å²) in [5.41, 5.74) is 0.582. The highest BCUT2D eigenvalue weighted by atomic mass is 32.1. The summed E-state index contributed by atoms with van der Waals surface area (Å²) in [7, 11) is 1.75. The topological polar surface area (TPSA) is 68.8 Å². The first-order chi connectivity index (χ1) is 12.6. The number of fused-ring (bicyclic) bond motifs is 1. The molecule has 1 amide bonds. The second kappa shape index (κ2) is 6.68. The highest BCUT2D eigenvalue weighted by molar-refractivity contribution is 7.22. The van der Waals surface area contributed by atoms with Crippen LogP contribution < -0.4 is 4.90 Å². The molecule has 0 aliphatic carbocycles. The summed E-state index contributed by atoms with van der Waals surface area (Å²) in [6.07, 6.45) is 5.20. The molecule has 0 aliphatic heterocycles. The van der Waals surface area contributed by atoms with E-state index in [-0.39, 0.29) is 11.4 Å². The molecule has 0 fully saturated rings. The Hall–Kier alpha value is -3.07. The van der Waals surface area contributed by atoms with E-state index in [9.17, 15) is 9.18 Å². The molecular formula is C17H15FN6OS. The van der Waals surface area contributed by atoms with Crippen LogP contribution >= 0.6 is 11.3 Å². The molecule has 0 aliphatic rings. The number of carbonyl (C=O) groups is 1. The number of halogens is 1. The van der Waals surface area contributed by atoms with E-state index in [1.54, 1.807) is 47.0 Å². The number of para-hydroxylation sites is 1. The van der Waals surface area contributed by atoms with Crippen LogP contribution in [0.5, 0.6) is 0 Å². The van der Waals surface area contributed by atoms with Crippen molar-refractivity contribution >= 4 is 32.6 Å². The van der Waals surface area contributed by atoms with Crippen molar-refractivity contribution in [1.82, 2.24) is 24.5 Å². The van der Waals surface area contributed by atoms with Crippen molar-refractivity contribution in [2.45, 2.75) is 6.54 Å². The predicted molar refractivity (Wildman–Crippen MR) is 96.7 cm³/mol. The third-order valence-corrected chi connectivity index (χ3v) is 4.92. The molecule has 132 valence electrons. The van der Waals surface area contributed by atoms with Gasteiger partial charge in [-0.05, 0) is 24.3 Å². The number of nitrogens with zero attached hydrogens (tertiary/aromatic N) is 6. The highest BCUT2D eigenvalue weighted by Gasteiger charge is 2.23. The van der Waals surface area contributed by atoms with Gasteiger partial charge in [0.1, 0.15) is 11.3 Å². The number of rotatable bonds is 5. The average Bonchev–Trinajstić information content (AvgIpc) is 3.35.